The lowest BCUT2D eigenvalue weighted by Crippen LogP contribution is -2.54. The molecule has 1 heterocycles. The molecule has 0 aromatic rings. The number of carbonyl (C=O) groups is 1. The molecule has 0 aromatic carbocycles. The van der Waals surface area contributed by atoms with E-state index in [4.69, 9.17) is 0 Å². The smallest absolute Gasteiger partial charge is 0.220 e. The molecular weight excluding hydrogens is 224 g/mol. The summed E-state index contributed by atoms with van der Waals surface area (Å²) in [6.45, 7) is 15.2. The van der Waals surface area contributed by atoms with Crippen LogP contribution < -0.4 is 5.32 Å². The van der Waals surface area contributed by atoms with Crippen molar-refractivity contribution < 1.29 is 4.79 Å². The third-order valence-electron chi connectivity index (χ3n) is 3.76. The topological polar surface area (TPSA) is 32.3 Å². The molecule has 0 unspecified atom stereocenters. The monoisotopic (exact) mass is 254 g/mol. The molecule has 1 amide bonds. The minimum Gasteiger partial charge on any atom is -0.351 e. The third-order valence-corrected chi connectivity index (χ3v) is 3.76. The van der Waals surface area contributed by atoms with Gasteiger partial charge in [0.25, 0.3) is 0 Å². The zero-order valence-electron chi connectivity index (χ0n) is 13.0. The summed E-state index contributed by atoms with van der Waals surface area (Å²) in [5.74, 6) is 0.197. The third kappa shape index (κ3) is 4.97. The number of hydrogen-bond donors (Lipinski definition) is 1. The van der Waals surface area contributed by atoms with Crippen molar-refractivity contribution >= 4 is 5.91 Å². The highest BCUT2D eigenvalue weighted by molar-refractivity contribution is 5.77. The van der Waals surface area contributed by atoms with Gasteiger partial charge in [-0.05, 0) is 39.0 Å². The van der Waals surface area contributed by atoms with Crippen LogP contribution >= 0.6 is 0 Å². The number of likely N-dealkylation sites (tertiary alicyclic amines) is 1. The summed E-state index contributed by atoms with van der Waals surface area (Å²) < 4.78 is 0. The van der Waals surface area contributed by atoms with Gasteiger partial charge in [-0.15, -0.1) is 0 Å². The summed E-state index contributed by atoms with van der Waals surface area (Å²) in [5, 5.41) is 3.25. The number of carbonyl (C=O) groups excluding carboxylic acids is 1. The van der Waals surface area contributed by atoms with Crippen LogP contribution in [-0.4, -0.2) is 35.5 Å². The molecule has 18 heavy (non-hydrogen) atoms. The Morgan fingerprint density at radius 1 is 1.28 bits per heavy atom. The molecule has 1 aliphatic rings. The Labute approximate surface area is 112 Å². The molecule has 1 aliphatic heterocycles. The van der Waals surface area contributed by atoms with Crippen LogP contribution in [-0.2, 0) is 4.79 Å². The Morgan fingerprint density at radius 2 is 1.78 bits per heavy atom. The lowest BCUT2D eigenvalue weighted by Gasteiger charge is -2.42. The fourth-order valence-corrected chi connectivity index (χ4v) is 2.52. The summed E-state index contributed by atoms with van der Waals surface area (Å²) in [4.78, 5) is 14.5. The van der Waals surface area contributed by atoms with E-state index in [1.807, 2.05) is 0 Å². The number of nitrogens with one attached hydrogen (secondary N) is 1. The second-order valence-corrected chi connectivity index (χ2v) is 7.48. The molecule has 1 N–H and O–H groups in total. The standard InChI is InChI=1S/C15H30N2O/c1-12(2)17-9-7-15(6,8-10-17)16-13(18)11-14(3,4)5/h12H,7-11H2,1-6H3,(H,16,18). The second-order valence-electron chi connectivity index (χ2n) is 7.48. The highest BCUT2D eigenvalue weighted by atomic mass is 16.1. The quantitative estimate of drug-likeness (QED) is 0.840. The number of rotatable bonds is 3. The molecule has 1 rings (SSSR count). The van der Waals surface area contributed by atoms with E-state index < -0.39 is 0 Å². The van der Waals surface area contributed by atoms with Gasteiger partial charge in [0, 0.05) is 31.1 Å². The van der Waals surface area contributed by atoms with E-state index in [1.54, 1.807) is 0 Å². The summed E-state index contributed by atoms with van der Waals surface area (Å²) in [5.41, 5.74) is 0.0623. The first-order chi connectivity index (χ1) is 8.11. The van der Waals surface area contributed by atoms with Gasteiger partial charge < -0.3 is 10.2 Å². The van der Waals surface area contributed by atoms with Crippen molar-refractivity contribution in [3.8, 4) is 0 Å². The Bertz CT molecular complexity index is 283. The molecule has 3 nitrogen and oxygen atoms in total. The minimum absolute atomic E-state index is 0.00623. The number of nitrogens with zero attached hydrogens (tertiary/aromatic N) is 1. The highest BCUT2D eigenvalue weighted by Crippen LogP contribution is 2.25. The maximum absolute atomic E-state index is 12.0. The van der Waals surface area contributed by atoms with E-state index in [0.717, 1.165) is 25.9 Å². The van der Waals surface area contributed by atoms with Gasteiger partial charge in [-0.3, -0.25) is 4.79 Å². The molecule has 1 saturated heterocycles. The summed E-state index contributed by atoms with van der Waals surface area (Å²) in [6.07, 6.45) is 2.72. The molecular formula is C15H30N2O. The van der Waals surface area contributed by atoms with E-state index in [-0.39, 0.29) is 16.9 Å². The van der Waals surface area contributed by atoms with E-state index in [0.29, 0.717) is 12.5 Å². The summed E-state index contributed by atoms with van der Waals surface area (Å²) in [6, 6.07) is 0.611. The predicted molar refractivity (Wildman–Crippen MR) is 76.6 cm³/mol. The molecule has 106 valence electrons. The zero-order chi connectivity index (χ0) is 14.0. The Kier molecular flexibility index (Phi) is 4.82. The predicted octanol–water partition coefficient (Wildman–Crippen LogP) is 2.80. The normalized spacial score (nSPS) is 21.1. The van der Waals surface area contributed by atoms with Crippen molar-refractivity contribution in [2.24, 2.45) is 5.41 Å². The number of piperidine rings is 1. The first kappa shape index (κ1) is 15.5. The largest absolute Gasteiger partial charge is 0.351 e. The van der Waals surface area contributed by atoms with Crippen LogP contribution in [0.5, 0.6) is 0 Å². The fraction of sp³-hybridized carbons (Fsp3) is 0.933. The molecule has 0 aliphatic carbocycles. The molecule has 0 aromatic heterocycles. The Morgan fingerprint density at radius 3 is 2.17 bits per heavy atom. The van der Waals surface area contributed by atoms with Crippen LogP contribution in [0.1, 0.15) is 60.8 Å². The van der Waals surface area contributed by atoms with Crippen molar-refractivity contribution in [2.75, 3.05) is 13.1 Å². The first-order valence-electron chi connectivity index (χ1n) is 7.16. The summed E-state index contributed by atoms with van der Waals surface area (Å²) >= 11 is 0. The van der Waals surface area contributed by atoms with Crippen molar-refractivity contribution in [1.82, 2.24) is 10.2 Å². The molecule has 0 spiro atoms. The number of amides is 1. The Balaban J connectivity index is 2.45. The van der Waals surface area contributed by atoms with Gasteiger partial charge in [0.15, 0.2) is 0 Å². The van der Waals surface area contributed by atoms with Gasteiger partial charge >= 0.3 is 0 Å². The van der Waals surface area contributed by atoms with Crippen LogP contribution in [0.15, 0.2) is 0 Å². The Hall–Kier alpha value is -0.570. The van der Waals surface area contributed by atoms with Gasteiger partial charge in [-0.2, -0.15) is 0 Å². The molecule has 0 saturated carbocycles. The van der Waals surface area contributed by atoms with Crippen LogP contribution in [0.4, 0.5) is 0 Å². The fourth-order valence-electron chi connectivity index (χ4n) is 2.52. The SMILES string of the molecule is CC(C)N1CCC(C)(NC(=O)CC(C)(C)C)CC1. The molecule has 1 fully saturated rings. The molecule has 3 heteroatoms. The van der Waals surface area contributed by atoms with Crippen LogP contribution in [0.2, 0.25) is 0 Å². The van der Waals surface area contributed by atoms with Gasteiger partial charge in [0.1, 0.15) is 0 Å². The molecule has 0 bridgehead atoms. The van der Waals surface area contributed by atoms with Crippen LogP contribution in [0.3, 0.4) is 0 Å². The highest BCUT2D eigenvalue weighted by Gasteiger charge is 2.32. The summed E-state index contributed by atoms with van der Waals surface area (Å²) in [7, 11) is 0. The van der Waals surface area contributed by atoms with Gasteiger partial charge in [-0.1, -0.05) is 20.8 Å². The van der Waals surface area contributed by atoms with Crippen molar-refractivity contribution in [1.29, 1.82) is 0 Å². The maximum Gasteiger partial charge on any atom is 0.220 e. The lowest BCUT2D eigenvalue weighted by molar-refractivity contribution is -0.125. The molecule has 0 radical (unpaired) electrons. The van der Waals surface area contributed by atoms with E-state index in [9.17, 15) is 4.79 Å². The average Bonchev–Trinajstić information content (AvgIpc) is 2.13. The lowest BCUT2D eigenvalue weighted by atomic mass is 9.87. The van der Waals surface area contributed by atoms with Crippen LogP contribution in [0, 0.1) is 5.41 Å². The van der Waals surface area contributed by atoms with Gasteiger partial charge in [0.05, 0.1) is 0 Å². The average molecular weight is 254 g/mol. The second kappa shape index (κ2) is 5.60. The minimum atomic E-state index is -0.00623. The maximum atomic E-state index is 12.0. The van der Waals surface area contributed by atoms with Gasteiger partial charge in [0.2, 0.25) is 5.91 Å². The van der Waals surface area contributed by atoms with E-state index in [1.165, 1.54) is 0 Å². The van der Waals surface area contributed by atoms with Crippen molar-refractivity contribution in [3.05, 3.63) is 0 Å². The number of hydrogen-bond acceptors (Lipinski definition) is 2. The van der Waals surface area contributed by atoms with E-state index >= 15 is 0 Å². The van der Waals surface area contributed by atoms with Crippen molar-refractivity contribution in [2.45, 2.75) is 72.4 Å². The van der Waals surface area contributed by atoms with Crippen molar-refractivity contribution in [3.63, 3.8) is 0 Å². The van der Waals surface area contributed by atoms with Gasteiger partial charge in [-0.25, -0.2) is 0 Å². The first-order valence-corrected chi connectivity index (χ1v) is 7.16. The van der Waals surface area contributed by atoms with Crippen LogP contribution in [0.25, 0.3) is 0 Å². The zero-order valence-corrected chi connectivity index (χ0v) is 13.0. The van der Waals surface area contributed by atoms with E-state index in [2.05, 4.69) is 51.8 Å². The molecule has 0 atom stereocenters.